The van der Waals surface area contributed by atoms with Crippen LogP contribution in [-0.2, 0) is 14.2 Å². The largest absolute Gasteiger partial charge is 0.497 e. The van der Waals surface area contributed by atoms with E-state index in [-0.39, 0.29) is 46.7 Å². The van der Waals surface area contributed by atoms with Crippen LogP contribution in [0.3, 0.4) is 0 Å². The van der Waals surface area contributed by atoms with Crippen LogP contribution in [0.5, 0.6) is 11.5 Å². The molecule has 3 aliphatic rings. The van der Waals surface area contributed by atoms with Crippen LogP contribution < -0.4 is 9.47 Å². The molecule has 1 fully saturated rings. The summed E-state index contributed by atoms with van der Waals surface area (Å²) in [6.07, 6.45) is -6.24. The summed E-state index contributed by atoms with van der Waals surface area (Å²) in [5.41, 5.74) is 0.811. The van der Waals surface area contributed by atoms with Gasteiger partial charge in [-0.3, -0.25) is 9.59 Å². The second-order valence-corrected chi connectivity index (χ2v) is 8.01. The molecular formula is C22H26O10. The van der Waals surface area contributed by atoms with E-state index in [2.05, 4.69) is 0 Å². The lowest BCUT2D eigenvalue weighted by molar-refractivity contribution is -0.281. The molecule has 2 aliphatic heterocycles. The molecule has 10 nitrogen and oxygen atoms in total. The maximum absolute atomic E-state index is 13.3. The quantitative estimate of drug-likeness (QED) is 0.562. The zero-order valence-corrected chi connectivity index (χ0v) is 17.9. The third kappa shape index (κ3) is 3.72. The lowest BCUT2D eigenvalue weighted by atomic mass is 9.80. The van der Waals surface area contributed by atoms with Crippen molar-refractivity contribution in [3.05, 3.63) is 34.4 Å². The van der Waals surface area contributed by atoms with Crippen molar-refractivity contribution in [3.8, 4) is 11.5 Å². The number of ether oxygens (including phenoxy) is 5. The van der Waals surface area contributed by atoms with Gasteiger partial charge in [-0.2, -0.15) is 0 Å². The van der Waals surface area contributed by atoms with E-state index in [1.165, 1.54) is 26.4 Å². The molecule has 1 saturated heterocycles. The summed E-state index contributed by atoms with van der Waals surface area (Å²) in [5, 5.41) is 30.5. The Morgan fingerprint density at radius 1 is 1.09 bits per heavy atom. The first-order valence-electron chi connectivity index (χ1n) is 10.3. The van der Waals surface area contributed by atoms with Crippen molar-refractivity contribution < 1.29 is 48.6 Å². The van der Waals surface area contributed by atoms with Gasteiger partial charge in [-0.05, 0) is 13.0 Å². The van der Waals surface area contributed by atoms with Gasteiger partial charge in [-0.15, -0.1) is 0 Å². The summed E-state index contributed by atoms with van der Waals surface area (Å²) < 4.78 is 27.4. The minimum atomic E-state index is -1.55. The molecule has 10 heteroatoms. The number of ketones is 2. The monoisotopic (exact) mass is 450 g/mol. The summed E-state index contributed by atoms with van der Waals surface area (Å²) in [4.78, 5) is 26.5. The maximum atomic E-state index is 13.3. The molecule has 0 aromatic heterocycles. The second kappa shape index (κ2) is 8.89. The van der Waals surface area contributed by atoms with Crippen molar-refractivity contribution >= 4 is 11.6 Å². The third-order valence-corrected chi connectivity index (χ3v) is 6.04. The smallest absolute Gasteiger partial charge is 0.229 e. The Labute approximate surface area is 184 Å². The molecule has 2 heterocycles. The van der Waals surface area contributed by atoms with Gasteiger partial charge in [0.15, 0.2) is 11.6 Å². The van der Waals surface area contributed by atoms with Crippen LogP contribution in [0.2, 0.25) is 0 Å². The maximum Gasteiger partial charge on any atom is 0.229 e. The summed E-state index contributed by atoms with van der Waals surface area (Å²) in [6.45, 7) is 1.34. The number of hydrogen-bond acceptors (Lipinski definition) is 10. The summed E-state index contributed by atoms with van der Waals surface area (Å²) in [6, 6.07) is 2.87. The zero-order chi connectivity index (χ0) is 23.2. The van der Waals surface area contributed by atoms with Crippen LogP contribution in [0, 0.1) is 0 Å². The molecule has 0 radical (unpaired) electrons. The molecule has 0 bridgehead atoms. The van der Waals surface area contributed by atoms with E-state index in [1.807, 2.05) is 6.92 Å². The van der Waals surface area contributed by atoms with Crippen LogP contribution in [0.25, 0.3) is 0 Å². The Morgan fingerprint density at radius 3 is 2.50 bits per heavy atom. The van der Waals surface area contributed by atoms with E-state index in [9.17, 15) is 24.9 Å². The van der Waals surface area contributed by atoms with Gasteiger partial charge >= 0.3 is 0 Å². The zero-order valence-electron chi connectivity index (χ0n) is 17.9. The molecule has 32 heavy (non-hydrogen) atoms. The molecule has 4 rings (SSSR count). The highest BCUT2D eigenvalue weighted by Gasteiger charge is 2.47. The van der Waals surface area contributed by atoms with Crippen molar-refractivity contribution in [2.75, 3.05) is 27.4 Å². The van der Waals surface area contributed by atoms with Crippen molar-refractivity contribution in [2.24, 2.45) is 0 Å². The molecule has 3 N–H and O–H groups in total. The number of aliphatic hydroxyl groups excluding tert-OH is 3. The Hall–Kier alpha value is -2.34. The molecule has 1 aromatic rings. The van der Waals surface area contributed by atoms with Crippen molar-refractivity contribution in [1.82, 2.24) is 0 Å². The number of rotatable bonds is 5. The number of Topliss-reactive ketones (excluding diaryl/α,β-unsaturated/α-hetero) is 2. The molecule has 6 atom stereocenters. The fourth-order valence-electron chi connectivity index (χ4n) is 4.31. The lowest BCUT2D eigenvalue weighted by Gasteiger charge is -2.41. The fourth-order valence-corrected chi connectivity index (χ4v) is 4.31. The Bertz CT molecular complexity index is 952. The van der Waals surface area contributed by atoms with Crippen molar-refractivity contribution in [2.45, 2.75) is 50.2 Å². The second-order valence-electron chi connectivity index (χ2n) is 8.01. The van der Waals surface area contributed by atoms with Gasteiger partial charge in [0.2, 0.25) is 6.29 Å². The standard InChI is InChI=1S/C22H26O10/c1-9-4-11-13(8-30-9)18(25)16-12(17(11)24)5-10(28-2)6-14(16)31-22-20(27)19(26)21(29-3)15(7-23)32-22/h5-6,9,15,19-23,26-27H,4,7-8H2,1-3H3. The number of fused-ring (bicyclic) bond motifs is 1. The number of methoxy groups -OCH3 is 2. The first-order chi connectivity index (χ1) is 15.3. The average molecular weight is 450 g/mol. The number of benzene rings is 1. The highest BCUT2D eigenvalue weighted by molar-refractivity contribution is 6.28. The summed E-state index contributed by atoms with van der Waals surface area (Å²) in [5.74, 6) is -0.514. The van der Waals surface area contributed by atoms with Crippen LogP contribution in [0.1, 0.15) is 34.1 Å². The number of hydrogen-bond donors (Lipinski definition) is 3. The summed E-state index contributed by atoms with van der Waals surface area (Å²) in [7, 11) is 2.72. The highest BCUT2D eigenvalue weighted by atomic mass is 16.7. The van der Waals surface area contributed by atoms with E-state index in [0.717, 1.165) is 0 Å². The topological polar surface area (TPSA) is 141 Å². The van der Waals surface area contributed by atoms with Crippen molar-refractivity contribution in [1.29, 1.82) is 0 Å². The molecule has 1 aliphatic carbocycles. The Morgan fingerprint density at radius 2 is 1.84 bits per heavy atom. The third-order valence-electron chi connectivity index (χ3n) is 6.04. The number of carbonyl (C=O) groups is 2. The van der Waals surface area contributed by atoms with E-state index in [4.69, 9.17) is 23.7 Å². The van der Waals surface area contributed by atoms with Crippen LogP contribution in [-0.4, -0.2) is 91.1 Å². The molecular weight excluding hydrogens is 424 g/mol. The molecule has 0 spiro atoms. The van der Waals surface area contributed by atoms with Crippen molar-refractivity contribution in [3.63, 3.8) is 0 Å². The van der Waals surface area contributed by atoms with Gasteiger partial charge < -0.3 is 39.0 Å². The summed E-state index contributed by atoms with van der Waals surface area (Å²) >= 11 is 0. The highest BCUT2D eigenvalue weighted by Crippen LogP contribution is 2.40. The van der Waals surface area contributed by atoms with Gasteiger partial charge in [0, 0.05) is 36.3 Å². The molecule has 6 unspecified atom stereocenters. The predicted molar refractivity (Wildman–Crippen MR) is 108 cm³/mol. The van der Waals surface area contributed by atoms with Gasteiger partial charge in [-0.1, -0.05) is 0 Å². The van der Waals surface area contributed by atoms with Crippen LogP contribution in [0.15, 0.2) is 23.3 Å². The molecule has 174 valence electrons. The minimum absolute atomic E-state index is 0.00686. The normalized spacial score (nSPS) is 32.4. The molecule has 0 amide bonds. The Kier molecular flexibility index (Phi) is 6.35. The Balaban J connectivity index is 1.73. The van der Waals surface area contributed by atoms with Gasteiger partial charge in [0.1, 0.15) is 35.9 Å². The first kappa shape index (κ1) is 22.8. The lowest BCUT2D eigenvalue weighted by Crippen LogP contribution is -2.60. The van der Waals surface area contributed by atoms with Gasteiger partial charge in [0.05, 0.1) is 32.0 Å². The number of aliphatic hydroxyl groups is 3. The van der Waals surface area contributed by atoms with Crippen LogP contribution in [0.4, 0.5) is 0 Å². The average Bonchev–Trinajstić information content (AvgIpc) is 2.79. The van der Waals surface area contributed by atoms with E-state index in [0.29, 0.717) is 12.0 Å². The predicted octanol–water partition coefficient (Wildman–Crippen LogP) is 0.0124. The van der Waals surface area contributed by atoms with E-state index >= 15 is 0 Å². The van der Waals surface area contributed by atoms with Crippen LogP contribution >= 0.6 is 0 Å². The molecule has 1 aromatic carbocycles. The van der Waals surface area contributed by atoms with E-state index in [1.54, 1.807) is 0 Å². The fraction of sp³-hybridized carbons (Fsp3) is 0.545. The molecule has 0 saturated carbocycles. The van der Waals surface area contributed by atoms with Gasteiger partial charge in [0.25, 0.3) is 0 Å². The minimum Gasteiger partial charge on any atom is -0.497 e. The van der Waals surface area contributed by atoms with Gasteiger partial charge in [-0.25, -0.2) is 0 Å². The first-order valence-corrected chi connectivity index (χ1v) is 10.3. The number of carbonyl (C=O) groups excluding carboxylic acids is 2. The SMILES string of the molecule is COc1cc(OC2OC(CO)C(OC)C(O)C2O)c2c(c1)C(=O)C1=C(COC(C)C1)C2=O. The van der Waals surface area contributed by atoms with E-state index < -0.39 is 43.1 Å².